The predicted octanol–water partition coefficient (Wildman–Crippen LogP) is 4.20. The molecule has 0 amide bonds. The van der Waals surface area contributed by atoms with E-state index in [2.05, 4.69) is 27.7 Å². The van der Waals surface area contributed by atoms with E-state index < -0.39 is 5.60 Å². The number of hydrogen-bond acceptors (Lipinski definition) is 3. The number of rotatable bonds is 1. The molecule has 2 N–H and O–H groups in total. The fraction of sp³-hybridized carbons (Fsp3) is 0.957. The molecule has 4 aliphatic rings. The van der Waals surface area contributed by atoms with Crippen molar-refractivity contribution in [3.8, 4) is 0 Å². The highest BCUT2D eigenvalue weighted by Gasteiger charge is 2.67. The van der Waals surface area contributed by atoms with Crippen LogP contribution >= 0.6 is 0 Å². The van der Waals surface area contributed by atoms with Crippen molar-refractivity contribution in [3.63, 3.8) is 0 Å². The molecule has 10 atom stereocenters. The van der Waals surface area contributed by atoms with Gasteiger partial charge in [0.05, 0.1) is 11.7 Å². The zero-order valence-electron chi connectivity index (χ0n) is 17.3. The molecule has 0 bridgehead atoms. The molecule has 0 aromatic rings. The number of Topliss-reactive ketones (excluding diaryl/α,β-unsaturated/α-hetero) is 1. The molecule has 148 valence electrons. The predicted molar refractivity (Wildman–Crippen MR) is 102 cm³/mol. The summed E-state index contributed by atoms with van der Waals surface area (Å²) in [6, 6.07) is 0. The minimum atomic E-state index is -0.732. The van der Waals surface area contributed by atoms with Crippen molar-refractivity contribution < 1.29 is 15.0 Å². The molecule has 3 heteroatoms. The van der Waals surface area contributed by atoms with Crippen molar-refractivity contribution in [1.29, 1.82) is 0 Å². The lowest BCUT2D eigenvalue weighted by Crippen LogP contribution is -2.66. The van der Waals surface area contributed by atoms with Crippen molar-refractivity contribution in [2.45, 2.75) is 91.3 Å². The van der Waals surface area contributed by atoms with Crippen molar-refractivity contribution in [2.24, 2.45) is 46.3 Å². The summed E-state index contributed by atoms with van der Waals surface area (Å²) in [5.41, 5.74) is -0.677. The molecule has 0 spiro atoms. The monoisotopic (exact) mass is 362 g/mol. The second-order valence-corrected chi connectivity index (χ2v) is 11.1. The first-order chi connectivity index (χ1) is 12.0. The summed E-state index contributed by atoms with van der Waals surface area (Å²) in [6.45, 7) is 11.0. The topological polar surface area (TPSA) is 57.5 Å². The molecule has 4 rings (SSSR count). The fourth-order valence-corrected chi connectivity index (χ4v) is 8.89. The maximum Gasteiger partial charge on any atom is 0.133 e. The van der Waals surface area contributed by atoms with Gasteiger partial charge in [-0.25, -0.2) is 0 Å². The van der Waals surface area contributed by atoms with E-state index in [9.17, 15) is 15.0 Å². The number of aliphatic hydroxyl groups is 2. The van der Waals surface area contributed by atoms with Crippen LogP contribution in [0.2, 0.25) is 0 Å². The molecule has 0 radical (unpaired) electrons. The average molecular weight is 363 g/mol. The van der Waals surface area contributed by atoms with Crippen LogP contribution in [-0.2, 0) is 4.79 Å². The highest BCUT2D eigenvalue weighted by molar-refractivity contribution is 5.80. The lowest BCUT2D eigenvalue weighted by Gasteiger charge is -2.66. The molecule has 0 aliphatic heterocycles. The summed E-state index contributed by atoms with van der Waals surface area (Å²) in [7, 11) is 0. The Morgan fingerprint density at radius 1 is 1.04 bits per heavy atom. The Hall–Kier alpha value is -0.410. The summed E-state index contributed by atoms with van der Waals surface area (Å²) >= 11 is 0. The Kier molecular flexibility index (Phi) is 4.22. The maximum absolute atomic E-state index is 12.5. The Morgan fingerprint density at radius 2 is 1.73 bits per heavy atom. The van der Waals surface area contributed by atoms with Crippen LogP contribution in [0, 0.1) is 46.3 Å². The van der Waals surface area contributed by atoms with E-state index in [4.69, 9.17) is 0 Å². The van der Waals surface area contributed by atoms with Gasteiger partial charge < -0.3 is 10.2 Å². The highest BCUT2D eigenvalue weighted by atomic mass is 16.3. The van der Waals surface area contributed by atoms with Crippen molar-refractivity contribution in [1.82, 2.24) is 0 Å². The Morgan fingerprint density at radius 3 is 2.38 bits per heavy atom. The summed E-state index contributed by atoms with van der Waals surface area (Å²) in [5, 5.41) is 22.0. The van der Waals surface area contributed by atoms with Crippen LogP contribution in [-0.4, -0.2) is 27.7 Å². The second kappa shape index (κ2) is 5.80. The molecule has 3 nitrogen and oxygen atoms in total. The standard InChI is InChI=1S/C23H38O3/c1-13-10-19-17-11-14(2)23(26)12-16(25)6-9-22(23,5)18(17)7-8-21(19,4)20(13)15(3)24/h13-14,16-20,25-26H,6-12H2,1-5H3/t13-,14-,16+,17-,18+,19+,20-,21+,22-,23+/m1/s1. The van der Waals surface area contributed by atoms with Gasteiger partial charge in [0.15, 0.2) is 0 Å². The molecule has 0 heterocycles. The SMILES string of the molecule is CC(=O)[C@H]1[C@H](C)C[C@H]2[C@@H]3C[C@@H](C)[C@@]4(O)C[C@@H](O)CC[C@]4(C)[C@H]3CC[C@@]21C. The van der Waals surface area contributed by atoms with E-state index in [1.54, 1.807) is 6.92 Å². The number of hydrogen-bond donors (Lipinski definition) is 2. The van der Waals surface area contributed by atoms with Crippen molar-refractivity contribution in [2.75, 3.05) is 0 Å². The number of carbonyl (C=O) groups is 1. The van der Waals surface area contributed by atoms with Crippen LogP contribution in [0.5, 0.6) is 0 Å². The summed E-state index contributed by atoms with van der Waals surface area (Å²) < 4.78 is 0. The molecule has 4 aliphatic carbocycles. The first-order valence-electron chi connectivity index (χ1n) is 11.0. The van der Waals surface area contributed by atoms with E-state index in [0.29, 0.717) is 35.9 Å². The van der Waals surface area contributed by atoms with Crippen LogP contribution in [0.1, 0.15) is 79.6 Å². The lowest BCUT2D eigenvalue weighted by atomic mass is 9.41. The van der Waals surface area contributed by atoms with Crippen molar-refractivity contribution in [3.05, 3.63) is 0 Å². The molecule has 0 saturated heterocycles. The van der Waals surface area contributed by atoms with Gasteiger partial charge in [-0.1, -0.05) is 27.7 Å². The Labute approximate surface area is 158 Å². The molecular formula is C23H38O3. The minimum absolute atomic E-state index is 0.0898. The van der Waals surface area contributed by atoms with Gasteiger partial charge in [0, 0.05) is 12.3 Å². The van der Waals surface area contributed by atoms with Gasteiger partial charge in [-0.2, -0.15) is 0 Å². The average Bonchev–Trinajstić information content (AvgIpc) is 2.81. The normalized spacial score (nSPS) is 59.3. The van der Waals surface area contributed by atoms with E-state index in [1.807, 2.05) is 0 Å². The molecule has 4 saturated carbocycles. The highest BCUT2D eigenvalue weighted by Crippen LogP contribution is 2.70. The van der Waals surface area contributed by atoms with E-state index >= 15 is 0 Å². The van der Waals surface area contributed by atoms with Gasteiger partial charge in [0.25, 0.3) is 0 Å². The van der Waals surface area contributed by atoms with Gasteiger partial charge >= 0.3 is 0 Å². The number of ketones is 1. The van der Waals surface area contributed by atoms with Crippen LogP contribution in [0.3, 0.4) is 0 Å². The molecule has 4 fully saturated rings. The van der Waals surface area contributed by atoms with Gasteiger partial charge in [-0.3, -0.25) is 4.79 Å². The van der Waals surface area contributed by atoms with E-state index in [1.165, 1.54) is 6.42 Å². The maximum atomic E-state index is 12.5. The smallest absolute Gasteiger partial charge is 0.133 e. The number of fused-ring (bicyclic) bond motifs is 5. The molecule has 0 aromatic heterocycles. The lowest BCUT2D eigenvalue weighted by molar-refractivity contribution is -0.243. The van der Waals surface area contributed by atoms with E-state index in [-0.39, 0.29) is 28.8 Å². The van der Waals surface area contributed by atoms with Gasteiger partial charge in [0.1, 0.15) is 5.78 Å². The largest absolute Gasteiger partial charge is 0.393 e. The second-order valence-electron chi connectivity index (χ2n) is 11.1. The van der Waals surface area contributed by atoms with Gasteiger partial charge in [0.2, 0.25) is 0 Å². The number of carbonyl (C=O) groups excluding carboxylic acids is 1. The van der Waals surface area contributed by atoms with Gasteiger partial charge in [-0.15, -0.1) is 0 Å². The first-order valence-corrected chi connectivity index (χ1v) is 11.0. The first kappa shape index (κ1) is 18.9. The van der Waals surface area contributed by atoms with Crippen LogP contribution in [0.15, 0.2) is 0 Å². The van der Waals surface area contributed by atoms with Crippen LogP contribution < -0.4 is 0 Å². The third kappa shape index (κ3) is 2.22. The minimum Gasteiger partial charge on any atom is -0.393 e. The molecule has 0 aromatic carbocycles. The van der Waals surface area contributed by atoms with Crippen LogP contribution in [0.4, 0.5) is 0 Å². The summed E-state index contributed by atoms with van der Waals surface area (Å²) in [6.07, 6.45) is 6.43. The Balaban J connectivity index is 1.71. The zero-order chi connectivity index (χ0) is 19.1. The molecule has 0 unspecified atom stereocenters. The fourth-order valence-electron chi connectivity index (χ4n) is 8.89. The zero-order valence-corrected chi connectivity index (χ0v) is 17.3. The quantitative estimate of drug-likeness (QED) is 0.735. The summed E-state index contributed by atoms with van der Waals surface area (Å²) in [4.78, 5) is 12.5. The number of aliphatic hydroxyl groups excluding tert-OH is 1. The Bertz CT molecular complexity index is 602. The molecule has 26 heavy (non-hydrogen) atoms. The van der Waals surface area contributed by atoms with Gasteiger partial charge in [-0.05, 0) is 85.9 Å². The third-order valence-corrected chi connectivity index (χ3v) is 10.0. The molecular weight excluding hydrogens is 324 g/mol. The third-order valence-electron chi connectivity index (χ3n) is 10.0. The van der Waals surface area contributed by atoms with Crippen LogP contribution in [0.25, 0.3) is 0 Å². The van der Waals surface area contributed by atoms with E-state index in [0.717, 1.165) is 32.1 Å². The summed E-state index contributed by atoms with van der Waals surface area (Å²) in [5.74, 6) is 3.07. The van der Waals surface area contributed by atoms with Crippen molar-refractivity contribution >= 4 is 5.78 Å².